The van der Waals surface area contributed by atoms with Crippen LogP contribution in [-0.4, -0.2) is 47.6 Å². The molecule has 0 unspecified atom stereocenters. The van der Waals surface area contributed by atoms with Gasteiger partial charge in [-0.05, 0) is 24.8 Å². The lowest BCUT2D eigenvalue weighted by Gasteiger charge is -2.13. The predicted molar refractivity (Wildman–Crippen MR) is 88.7 cm³/mol. The van der Waals surface area contributed by atoms with Crippen LogP contribution in [0.5, 0.6) is 17.2 Å². The number of methoxy groups -OCH3 is 3. The van der Waals surface area contributed by atoms with Crippen LogP contribution in [0.15, 0.2) is 22.2 Å². The van der Waals surface area contributed by atoms with Crippen molar-refractivity contribution in [3.05, 3.63) is 28.4 Å². The van der Waals surface area contributed by atoms with E-state index in [0.717, 1.165) is 11.8 Å². The van der Waals surface area contributed by atoms with Gasteiger partial charge in [-0.1, -0.05) is 0 Å². The number of hydrogen-bond acceptors (Lipinski definition) is 7. The van der Waals surface area contributed by atoms with Gasteiger partial charge in [-0.15, -0.1) is 5.10 Å². The normalized spacial score (nSPS) is 11.2. The SMILES string of the molecule is COc1cc(OC)c(/C=C(\Sc2n[nH]c(C)n2)C(=O)O)c(OC)c1. The second kappa shape index (κ2) is 7.73. The fraction of sp³-hybridized carbons (Fsp3) is 0.267. The summed E-state index contributed by atoms with van der Waals surface area (Å²) in [5.74, 6) is 0.882. The van der Waals surface area contributed by atoms with Gasteiger partial charge in [-0.3, -0.25) is 5.10 Å². The van der Waals surface area contributed by atoms with Crippen LogP contribution in [0.25, 0.3) is 6.08 Å². The summed E-state index contributed by atoms with van der Waals surface area (Å²) in [5.41, 5.74) is 0.484. The molecule has 0 aliphatic carbocycles. The summed E-state index contributed by atoms with van der Waals surface area (Å²) in [6.45, 7) is 1.73. The average molecular weight is 351 g/mol. The first-order valence-electron chi connectivity index (χ1n) is 6.80. The molecule has 2 rings (SSSR count). The smallest absolute Gasteiger partial charge is 0.342 e. The minimum absolute atomic E-state index is 0.0239. The van der Waals surface area contributed by atoms with Crippen LogP contribution in [0.2, 0.25) is 0 Å². The Kier molecular flexibility index (Phi) is 5.69. The largest absolute Gasteiger partial charge is 0.496 e. The number of hydrogen-bond donors (Lipinski definition) is 2. The number of carbonyl (C=O) groups is 1. The minimum Gasteiger partial charge on any atom is -0.496 e. The number of thioether (sulfide) groups is 1. The van der Waals surface area contributed by atoms with Crippen LogP contribution in [0.4, 0.5) is 0 Å². The maximum Gasteiger partial charge on any atom is 0.342 e. The lowest BCUT2D eigenvalue weighted by molar-refractivity contribution is -0.131. The maximum absolute atomic E-state index is 11.6. The van der Waals surface area contributed by atoms with Gasteiger partial charge in [0.2, 0.25) is 5.16 Å². The molecule has 1 aromatic heterocycles. The number of ether oxygens (including phenoxy) is 3. The van der Waals surface area contributed by atoms with E-state index in [-0.39, 0.29) is 4.91 Å². The van der Waals surface area contributed by atoms with Gasteiger partial charge in [0.15, 0.2) is 0 Å². The van der Waals surface area contributed by atoms with E-state index in [1.807, 2.05) is 0 Å². The third-order valence-corrected chi connectivity index (χ3v) is 3.89. The molecule has 0 radical (unpaired) electrons. The van der Waals surface area contributed by atoms with Gasteiger partial charge in [0, 0.05) is 12.1 Å². The number of nitrogens with zero attached hydrogens (tertiary/aromatic N) is 2. The molecule has 0 aliphatic rings. The average Bonchev–Trinajstić information content (AvgIpc) is 2.98. The third kappa shape index (κ3) is 3.99. The monoisotopic (exact) mass is 351 g/mol. The van der Waals surface area contributed by atoms with E-state index >= 15 is 0 Å². The minimum atomic E-state index is -1.11. The van der Waals surface area contributed by atoms with E-state index < -0.39 is 5.97 Å². The molecule has 0 saturated carbocycles. The third-order valence-electron chi connectivity index (χ3n) is 3.02. The number of benzene rings is 1. The van der Waals surface area contributed by atoms with Crippen molar-refractivity contribution in [3.8, 4) is 17.2 Å². The van der Waals surface area contributed by atoms with E-state index in [4.69, 9.17) is 14.2 Å². The highest BCUT2D eigenvalue weighted by Gasteiger charge is 2.17. The molecule has 2 N–H and O–H groups in total. The molecular formula is C15H17N3O5S. The molecule has 0 aliphatic heterocycles. The zero-order chi connectivity index (χ0) is 17.7. The first-order chi connectivity index (χ1) is 11.5. The summed E-state index contributed by atoms with van der Waals surface area (Å²) in [6, 6.07) is 3.30. The second-order valence-electron chi connectivity index (χ2n) is 4.56. The topological polar surface area (TPSA) is 107 Å². The summed E-state index contributed by atoms with van der Waals surface area (Å²) in [6.07, 6.45) is 1.45. The Morgan fingerprint density at radius 1 is 1.21 bits per heavy atom. The van der Waals surface area contributed by atoms with Gasteiger partial charge < -0.3 is 19.3 Å². The van der Waals surface area contributed by atoms with Crippen molar-refractivity contribution in [3.63, 3.8) is 0 Å². The molecule has 1 aromatic carbocycles. The van der Waals surface area contributed by atoms with Crippen molar-refractivity contribution >= 4 is 23.8 Å². The fourth-order valence-corrected chi connectivity index (χ4v) is 2.64. The molecule has 1 heterocycles. The first-order valence-corrected chi connectivity index (χ1v) is 7.62. The van der Waals surface area contributed by atoms with Crippen molar-refractivity contribution in [2.24, 2.45) is 0 Å². The van der Waals surface area contributed by atoms with Crippen molar-refractivity contribution in [1.29, 1.82) is 0 Å². The van der Waals surface area contributed by atoms with Crippen LogP contribution in [-0.2, 0) is 4.79 Å². The summed E-state index contributed by atoms with van der Waals surface area (Å²) < 4.78 is 15.8. The van der Waals surface area contributed by atoms with Crippen molar-refractivity contribution in [2.75, 3.05) is 21.3 Å². The number of nitrogens with one attached hydrogen (secondary N) is 1. The standard InChI is InChI=1S/C15H17N3O5S/c1-8-16-15(18-17-8)24-13(14(19)20)7-10-11(22-3)5-9(21-2)6-12(10)23-4/h5-7H,1-4H3,(H,19,20)(H,16,17,18)/b13-7-. The Morgan fingerprint density at radius 3 is 2.25 bits per heavy atom. The lowest BCUT2D eigenvalue weighted by atomic mass is 10.1. The number of aromatic nitrogens is 3. The number of aromatic amines is 1. The van der Waals surface area contributed by atoms with Gasteiger partial charge in [0.05, 0.1) is 26.9 Å². The highest BCUT2D eigenvalue weighted by atomic mass is 32.2. The van der Waals surface area contributed by atoms with Gasteiger partial charge >= 0.3 is 5.97 Å². The van der Waals surface area contributed by atoms with Crippen LogP contribution >= 0.6 is 11.8 Å². The lowest BCUT2D eigenvalue weighted by Crippen LogP contribution is -2.00. The van der Waals surface area contributed by atoms with Crippen molar-refractivity contribution in [2.45, 2.75) is 12.1 Å². The summed E-state index contributed by atoms with van der Waals surface area (Å²) in [4.78, 5) is 15.7. The number of carboxylic acids is 1. The van der Waals surface area contributed by atoms with E-state index in [0.29, 0.717) is 33.8 Å². The van der Waals surface area contributed by atoms with E-state index in [2.05, 4.69) is 15.2 Å². The van der Waals surface area contributed by atoms with E-state index in [1.54, 1.807) is 19.1 Å². The Balaban J connectivity index is 2.50. The molecule has 9 heteroatoms. The molecule has 2 aromatic rings. The highest BCUT2D eigenvalue weighted by Crippen LogP contribution is 2.37. The highest BCUT2D eigenvalue weighted by molar-refractivity contribution is 8.04. The molecule has 8 nitrogen and oxygen atoms in total. The van der Waals surface area contributed by atoms with Crippen molar-refractivity contribution in [1.82, 2.24) is 15.2 Å². The number of aryl methyl sites for hydroxylation is 1. The Labute approximate surface area is 142 Å². The fourth-order valence-electron chi connectivity index (χ4n) is 1.91. The van der Waals surface area contributed by atoms with Crippen LogP contribution in [0.1, 0.15) is 11.4 Å². The van der Waals surface area contributed by atoms with Gasteiger partial charge in [0.1, 0.15) is 28.0 Å². The van der Waals surface area contributed by atoms with Crippen LogP contribution < -0.4 is 14.2 Å². The predicted octanol–water partition coefficient (Wildman–Crippen LogP) is 2.36. The summed E-state index contributed by atoms with van der Waals surface area (Å²) >= 11 is 0.927. The molecular weight excluding hydrogens is 334 g/mol. The molecule has 0 spiro atoms. The van der Waals surface area contributed by atoms with Gasteiger partial charge in [-0.2, -0.15) is 0 Å². The zero-order valence-electron chi connectivity index (χ0n) is 13.6. The Morgan fingerprint density at radius 2 is 1.83 bits per heavy atom. The van der Waals surface area contributed by atoms with E-state index in [1.165, 1.54) is 27.4 Å². The molecule has 0 amide bonds. The number of rotatable bonds is 7. The quantitative estimate of drug-likeness (QED) is 0.578. The summed E-state index contributed by atoms with van der Waals surface area (Å²) in [5, 5.41) is 16.4. The van der Waals surface area contributed by atoms with Gasteiger partial charge in [0.25, 0.3) is 0 Å². The van der Waals surface area contributed by atoms with Crippen molar-refractivity contribution < 1.29 is 24.1 Å². The molecule has 24 heavy (non-hydrogen) atoms. The molecule has 0 atom stereocenters. The maximum atomic E-state index is 11.6. The number of H-pyrrole nitrogens is 1. The Hall–Kier alpha value is -2.68. The molecule has 0 saturated heterocycles. The van der Waals surface area contributed by atoms with Crippen LogP contribution in [0.3, 0.4) is 0 Å². The van der Waals surface area contributed by atoms with Crippen LogP contribution in [0, 0.1) is 6.92 Å². The van der Waals surface area contributed by atoms with Gasteiger partial charge in [-0.25, -0.2) is 9.78 Å². The first kappa shape index (κ1) is 17.7. The zero-order valence-corrected chi connectivity index (χ0v) is 14.4. The van der Waals surface area contributed by atoms with E-state index in [9.17, 15) is 9.90 Å². The molecule has 0 fully saturated rings. The number of carboxylic acid groups (broad SMARTS) is 1. The Bertz CT molecular complexity index is 747. The second-order valence-corrected chi connectivity index (χ2v) is 5.57. The summed E-state index contributed by atoms with van der Waals surface area (Å²) in [7, 11) is 4.49. The molecule has 128 valence electrons. The molecule has 0 bridgehead atoms. The number of aliphatic carboxylic acids is 1.